The molecule has 21 N–H and O–H groups in total. The largest absolute Gasteiger partial charge is 3.00 e. The van der Waals surface area contributed by atoms with E-state index < -0.39 is 10.4 Å². The van der Waals surface area contributed by atoms with Crippen LogP contribution in [0.2, 0.25) is 0 Å². The maximum atomic E-state index is 8.52. The fourth-order valence-corrected chi connectivity index (χ4v) is 0. The SMILES string of the molecule is O.O.O.O.O.O.O.O.O.O.O=S(=O)([O-])[O-].[Al+3].[OH-]. The molecule has 17 heavy (non-hydrogen) atoms. The fourth-order valence-electron chi connectivity index (χ4n) is 0. The van der Waals surface area contributed by atoms with Crippen LogP contribution < -0.4 is 0 Å². The summed E-state index contributed by atoms with van der Waals surface area (Å²) < 4.78 is 34.1. The first-order valence-electron chi connectivity index (χ1n) is 0.667. The first kappa shape index (κ1) is 275. The molecule has 0 bridgehead atoms. The normalized spacial score (nSPS) is 3.41. The molecule has 0 aliphatic carbocycles. The Kier molecular flexibility index (Phi) is 1630. The van der Waals surface area contributed by atoms with E-state index in [0.717, 1.165) is 0 Å². The average Bonchev–Trinajstić information content (AvgIpc) is 0.722. The van der Waals surface area contributed by atoms with E-state index in [0.29, 0.717) is 0 Å². The zero-order valence-corrected chi connectivity index (χ0v) is 10.0. The van der Waals surface area contributed by atoms with E-state index in [1.54, 1.807) is 0 Å². The molecule has 0 aliphatic rings. The van der Waals surface area contributed by atoms with Gasteiger partial charge in [0.2, 0.25) is 0 Å². The van der Waals surface area contributed by atoms with Crippen LogP contribution >= 0.6 is 0 Å². The minimum absolute atomic E-state index is 0. The van der Waals surface area contributed by atoms with Gasteiger partial charge in [-0.2, -0.15) is 0 Å². The maximum Gasteiger partial charge on any atom is 3.00 e. The monoisotopic (exact) mass is 320 g/mol. The molecule has 0 saturated heterocycles. The molecule has 17 heteroatoms. The summed E-state index contributed by atoms with van der Waals surface area (Å²) in [5.74, 6) is 0. The van der Waals surface area contributed by atoms with Gasteiger partial charge in [0.15, 0.2) is 0 Å². The van der Waals surface area contributed by atoms with E-state index >= 15 is 0 Å². The Bertz CT molecular complexity index is 94.1. The predicted molar refractivity (Wildman–Crippen MR) is 54.3 cm³/mol. The third-order valence-electron chi connectivity index (χ3n) is 0. The Morgan fingerprint density at radius 3 is 0.529 bits per heavy atom. The van der Waals surface area contributed by atoms with Crippen molar-refractivity contribution in [2.75, 3.05) is 0 Å². The van der Waals surface area contributed by atoms with Crippen LogP contribution in [-0.2, 0) is 10.4 Å². The second kappa shape index (κ2) is 101. The molecular weight excluding hydrogens is 299 g/mol. The van der Waals surface area contributed by atoms with Gasteiger partial charge in [-0.15, -0.1) is 0 Å². The van der Waals surface area contributed by atoms with Crippen molar-refractivity contribution in [1.82, 2.24) is 0 Å². The Morgan fingerprint density at radius 1 is 0.529 bits per heavy atom. The van der Waals surface area contributed by atoms with E-state index in [1.807, 2.05) is 0 Å². The summed E-state index contributed by atoms with van der Waals surface area (Å²) in [6.45, 7) is 0. The third kappa shape index (κ3) is 2210000. The molecule has 0 unspecified atom stereocenters. The predicted octanol–water partition coefficient (Wildman–Crippen LogP) is -10.1. The summed E-state index contributed by atoms with van der Waals surface area (Å²) in [6.07, 6.45) is 0. The van der Waals surface area contributed by atoms with Crippen LogP contribution in [0.4, 0.5) is 0 Å². The standard InChI is InChI=1S/Al.H2O4S.11H2O/c;1-5(2,3)4;;;;;;;;;;;/h;(H2,1,2,3,4);11*1H2/q+3;;;;;;;;;;;;/p-3. The van der Waals surface area contributed by atoms with E-state index in [1.165, 1.54) is 0 Å². The zero-order valence-electron chi connectivity index (χ0n) is 8.07. The molecule has 0 spiro atoms. The van der Waals surface area contributed by atoms with Gasteiger partial charge in [0.1, 0.15) is 0 Å². The molecule has 0 aromatic carbocycles. The first-order valence-corrected chi connectivity index (χ1v) is 2.00. The summed E-state index contributed by atoms with van der Waals surface area (Å²) in [6, 6.07) is 0. The van der Waals surface area contributed by atoms with E-state index in [4.69, 9.17) is 17.5 Å². The van der Waals surface area contributed by atoms with Gasteiger partial charge in [-0.3, -0.25) is 8.42 Å². The molecule has 0 aromatic rings. The minimum atomic E-state index is -5.17. The third-order valence-corrected chi connectivity index (χ3v) is 0. The van der Waals surface area contributed by atoms with Gasteiger partial charge in [0.25, 0.3) is 0 Å². The molecule has 15 nitrogen and oxygen atoms in total. The molecule has 0 rings (SSSR count). The topological polar surface area (TPSA) is 425 Å². The molecule has 0 amide bonds. The summed E-state index contributed by atoms with van der Waals surface area (Å²) in [4.78, 5) is 0. The second-order valence-corrected chi connectivity index (χ2v) is 1.22. The number of rotatable bonds is 0. The van der Waals surface area contributed by atoms with Crippen molar-refractivity contribution in [2.24, 2.45) is 0 Å². The van der Waals surface area contributed by atoms with Crippen molar-refractivity contribution in [2.45, 2.75) is 0 Å². The molecule has 0 saturated carbocycles. The molecular formula is H21AlO15S. The van der Waals surface area contributed by atoms with Crippen molar-refractivity contribution >= 4 is 27.8 Å². The van der Waals surface area contributed by atoms with Gasteiger partial charge in [-0.25, -0.2) is 0 Å². The smallest absolute Gasteiger partial charge is 0.870 e. The zero-order chi connectivity index (χ0) is 4.50. The van der Waals surface area contributed by atoms with E-state index in [9.17, 15) is 0 Å². The molecule has 0 aliphatic heterocycles. The quantitative estimate of drug-likeness (QED) is 0.237. The average molecular weight is 320 g/mol. The number of hydrogen-bond acceptors (Lipinski definition) is 5. The Morgan fingerprint density at radius 2 is 0.529 bits per heavy atom. The maximum absolute atomic E-state index is 8.52. The minimum Gasteiger partial charge on any atom is -0.870 e. The van der Waals surface area contributed by atoms with Crippen molar-refractivity contribution in [3.63, 3.8) is 0 Å². The van der Waals surface area contributed by atoms with Crippen LogP contribution in [-0.4, -0.2) is 95.1 Å². The molecule has 0 heterocycles. The summed E-state index contributed by atoms with van der Waals surface area (Å²) in [5, 5.41) is 0. The van der Waals surface area contributed by atoms with Crippen LogP contribution in [0.1, 0.15) is 0 Å². The summed E-state index contributed by atoms with van der Waals surface area (Å²) in [7, 11) is -5.17. The van der Waals surface area contributed by atoms with Crippen LogP contribution in [0.15, 0.2) is 0 Å². The van der Waals surface area contributed by atoms with Crippen LogP contribution in [0, 0.1) is 0 Å². The summed E-state index contributed by atoms with van der Waals surface area (Å²) in [5.41, 5.74) is 0. The number of hydrogen-bond donors (Lipinski definition) is 0. The van der Waals surface area contributed by atoms with Gasteiger partial charge in [0, 0.05) is 10.4 Å². The van der Waals surface area contributed by atoms with Gasteiger partial charge in [-0.1, -0.05) is 0 Å². The second-order valence-electron chi connectivity index (χ2n) is 0.408. The van der Waals surface area contributed by atoms with Gasteiger partial charge in [-0.05, 0) is 0 Å². The Labute approximate surface area is 106 Å². The molecule has 0 radical (unpaired) electrons. The summed E-state index contributed by atoms with van der Waals surface area (Å²) >= 11 is 0. The first-order chi connectivity index (χ1) is 2.00. The molecule has 0 atom stereocenters. The molecule has 0 fully saturated rings. The van der Waals surface area contributed by atoms with Gasteiger partial charge < -0.3 is 69.3 Å². The Balaban J connectivity index is -0.00000000121. The molecule has 0 aromatic heterocycles. The fraction of sp³-hybridized carbons (Fsp3) is 0. The van der Waals surface area contributed by atoms with E-state index in [2.05, 4.69) is 0 Å². The van der Waals surface area contributed by atoms with Crippen molar-refractivity contribution in [1.29, 1.82) is 0 Å². The van der Waals surface area contributed by atoms with Gasteiger partial charge in [0.05, 0.1) is 0 Å². The Hall–Kier alpha value is -0.0375. The van der Waals surface area contributed by atoms with Gasteiger partial charge >= 0.3 is 17.4 Å². The van der Waals surface area contributed by atoms with Crippen molar-refractivity contribution < 1.29 is 77.8 Å². The van der Waals surface area contributed by atoms with Crippen molar-refractivity contribution in [3.05, 3.63) is 0 Å². The van der Waals surface area contributed by atoms with Crippen LogP contribution in [0.3, 0.4) is 0 Å². The van der Waals surface area contributed by atoms with Crippen molar-refractivity contribution in [3.8, 4) is 0 Å². The molecule has 120 valence electrons. The van der Waals surface area contributed by atoms with E-state index in [-0.39, 0.29) is 77.6 Å². The van der Waals surface area contributed by atoms with Crippen LogP contribution in [0.25, 0.3) is 0 Å². The van der Waals surface area contributed by atoms with Crippen LogP contribution in [0.5, 0.6) is 0 Å².